The van der Waals surface area contributed by atoms with E-state index in [9.17, 15) is 0 Å². The van der Waals surface area contributed by atoms with Crippen LogP contribution in [0.15, 0.2) is 206 Å². The van der Waals surface area contributed by atoms with Crippen molar-refractivity contribution in [1.82, 2.24) is 18.7 Å². The molecule has 4 aromatic heterocycles. The Morgan fingerprint density at radius 3 is 1.73 bits per heavy atom. The van der Waals surface area contributed by atoms with Crippen LogP contribution in [0.1, 0.15) is 79.0 Å². The Balaban J connectivity index is 0.00000637. The molecule has 398 valence electrons. The summed E-state index contributed by atoms with van der Waals surface area (Å²) >= 11 is 0. The molecule has 80 heavy (non-hydrogen) atoms. The van der Waals surface area contributed by atoms with Crippen LogP contribution in [0.4, 0.5) is 0 Å². The second kappa shape index (κ2) is 20.1. The molecule has 0 amide bonds. The maximum absolute atomic E-state index is 7.13. The maximum Gasteiger partial charge on any atom is 0.268 e. The van der Waals surface area contributed by atoms with Gasteiger partial charge in [-0.1, -0.05) is 219 Å². The molecule has 0 N–H and O–H groups in total. The molecule has 9 aromatic carbocycles. The van der Waals surface area contributed by atoms with Crippen molar-refractivity contribution < 1.29 is 30.4 Å². The van der Waals surface area contributed by atoms with Gasteiger partial charge in [0.25, 0.3) is 6.33 Å². The SMILES string of the molecule is CC(C)(C)Cc1ccnc(-n2c3[c-]c(Oc4[c-]c(-n5[c-][n+](-c6c(-c7ccccc7)cccc6-c6cc(C(C)(C)C)cc(C(C)(C)C)c6)c6ccccc65)ccc4)cc(-n4c5ccccc5c5ccccc54)c3c3ccccc32)c1.[Pt]. The largest absolute Gasteiger partial charge is 0.510 e. The Labute approximate surface area is 483 Å². The van der Waals surface area contributed by atoms with Crippen LogP contribution in [0.3, 0.4) is 0 Å². The smallest absolute Gasteiger partial charge is 0.268 e. The molecule has 7 heteroatoms. The van der Waals surface area contributed by atoms with Gasteiger partial charge in [0.05, 0.1) is 27.8 Å². The van der Waals surface area contributed by atoms with E-state index in [1.807, 2.05) is 18.3 Å². The Morgan fingerprint density at radius 1 is 0.500 bits per heavy atom. The fourth-order valence-electron chi connectivity index (χ4n) is 11.6. The summed E-state index contributed by atoms with van der Waals surface area (Å²) in [4.78, 5) is 5.06. The van der Waals surface area contributed by atoms with Gasteiger partial charge >= 0.3 is 0 Å². The number of aromatic nitrogens is 5. The molecule has 0 bridgehead atoms. The average Bonchev–Trinajstić information content (AvgIpc) is 3.41. The summed E-state index contributed by atoms with van der Waals surface area (Å²) in [6.45, 7) is 20.6. The Hall–Kier alpha value is -8.31. The summed E-state index contributed by atoms with van der Waals surface area (Å²) < 4.78 is 16.1. The minimum absolute atomic E-state index is 0. The average molecular weight is 1220 g/mol. The number of hydrogen-bond donors (Lipinski definition) is 0. The molecule has 6 nitrogen and oxygen atoms in total. The van der Waals surface area contributed by atoms with Crippen LogP contribution in [0.2, 0.25) is 0 Å². The molecule has 0 saturated carbocycles. The minimum Gasteiger partial charge on any atom is -0.510 e. The Morgan fingerprint density at radius 2 is 1.07 bits per heavy atom. The van der Waals surface area contributed by atoms with Gasteiger partial charge in [-0.15, -0.1) is 24.3 Å². The molecule has 0 aliphatic heterocycles. The van der Waals surface area contributed by atoms with E-state index >= 15 is 0 Å². The topological polar surface area (TPSA) is 40.8 Å². The minimum atomic E-state index is -0.0605. The quantitative estimate of drug-likeness (QED) is 0.107. The number of ether oxygens (including phenoxy) is 1. The molecule has 0 spiro atoms. The van der Waals surface area contributed by atoms with E-state index in [0.717, 1.165) is 89.9 Å². The van der Waals surface area contributed by atoms with Crippen LogP contribution in [0, 0.1) is 23.9 Å². The third-order valence-electron chi connectivity index (χ3n) is 15.3. The van der Waals surface area contributed by atoms with Gasteiger partial charge in [-0.05, 0) is 109 Å². The molecule has 13 aromatic rings. The fourth-order valence-corrected chi connectivity index (χ4v) is 11.6. The summed E-state index contributed by atoms with van der Waals surface area (Å²) in [6.07, 6.45) is 6.74. The van der Waals surface area contributed by atoms with E-state index < -0.39 is 0 Å². The summed E-state index contributed by atoms with van der Waals surface area (Å²) in [5, 5.41) is 4.53. The predicted molar refractivity (Wildman–Crippen MR) is 326 cm³/mol. The van der Waals surface area contributed by atoms with E-state index in [4.69, 9.17) is 9.72 Å². The molecule has 4 heterocycles. The second-order valence-electron chi connectivity index (χ2n) is 24.4. The molecule has 0 unspecified atom stereocenters. The van der Waals surface area contributed by atoms with Gasteiger partial charge in [0.2, 0.25) is 0 Å². The van der Waals surface area contributed by atoms with Crippen LogP contribution in [0.5, 0.6) is 11.5 Å². The first-order valence-electron chi connectivity index (χ1n) is 27.5. The first-order valence-corrected chi connectivity index (χ1v) is 27.5. The molecular weight excluding hydrogens is 1160 g/mol. The molecule has 0 saturated heterocycles. The molecule has 0 aliphatic carbocycles. The number of benzene rings is 9. The number of hydrogen-bond acceptors (Lipinski definition) is 2. The number of rotatable bonds is 9. The van der Waals surface area contributed by atoms with Crippen molar-refractivity contribution in [3.8, 4) is 56.6 Å². The second-order valence-corrected chi connectivity index (χ2v) is 24.4. The van der Waals surface area contributed by atoms with Crippen molar-refractivity contribution in [3.05, 3.63) is 242 Å². The first kappa shape index (κ1) is 52.4. The van der Waals surface area contributed by atoms with E-state index in [1.54, 1.807) is 0 Å². The standard InChI is InChI=1S/C73H63N5O.Pt/c1-71(2,3)46-48-37-38-74-68(39-48)78-63-34-18-15-29-60(63)69-66(77-61-32-16-13-27-58(61)59-28-14-17-33-62(59)77)44-55(45-67(69)78)79-54-26-21-25-53(43-54)75-47-76(65-36-20-19-35-64(65)75)70-56(49-23-11-10-12-24-49)30-22-31-57(70)50-40-51(72(4,5)6)42-52(41-50)73(7,8)9;/h10-42,44H,46H2,1-9H3;/q-2;. The Bertz CT molecular complexity index is 4410. The fraction of sp³-hybridized carbons (Fsp3) is 0.178. The molecule has 0 aliphatic rings. The summed E-state index contributed by atoms with van der Waals surface area (Å²) in [5.74, 6) is 1.93. The van der Waals surface area contributed by atoms with Crippen molar-refractivity contribution >= 4 is 54.6 Å². The number of pyridine rings is 1. The van der Waals surface area contributed by atoms with Gasteiger partial charge in [-0.2, -0.15) is 12.1 Å². The summed E-state index contributed by atoms with van der Waals surface area (Å²) in [5.41, 5.74) is 17.3. The molecule has 0 atom stereocenters. The number of fused-ring (bicyclic) bond motifs is 7. The van der Waals surface area contributed by atoms with Crippen molar-refractivity contribution in [2.75, 3.05) is 0 Å². The van der Waals surface area contributed by atoms with Gasteiger partial charge in [-0.3, -0.25) is 4.57 Å². The maximum atomic E-state index is 7.13. The zero-order valence-corrected chi connectivity index (χ0v) is 49.1. The van der Waals surface area contributed by atoms with Gasteiger partial charge in [-0.25, -0.2) is 4.98 Å². The van der Waals surface area contributed by atoms with Crippen molar-refractivity contribution in [1.29, 1.82) is 0 Å². The van der Waals surface area contributed by atoms with E-state index in [-0.39, 0.29) is 37.3 Å². The first-order chi connectivity index (χ1) is 38.1. The van der Waals surface area contributed by atoms with Crippen molar-refractivity contribution in [2.24, 2.45) is 5.41 Å². The molecular formula is C73H63N5OPt-2. The number of para-hydroxylation sites is 6. The van der Waals surface area contributed by atoms with Crippen LogP contribution in [-0.2, 0) is 38.3 Å². The van der Waals surface area contributed by atoms with E-state index in [1.165, 1.54) is 33.0 Å². The molecule has 0 radical (unpaired) electrons. The van der Waals surface area contributed by atoms with Gasteiger partial charge < -0.3 is 18.4 Å². The van der Waals surface area contributed by atoms with Crippen LogP contribution < -0.4 is 9.30 Å². The molecule has 0 fully saturated rings. The van der Waals surface area contributed by atoms with Gasteiger partial charge in [0, 0.05) is 55.1 Å². The summed E-state index contributed by atoms with van der Waals surface area (Å²) in [6, 6.07) is 79.3. The van der Waals surface area contributed by atoms with Crippen LogP contribution in [-0.4, -0.2) is 18.7 Å². The van der Waals surface area contributed by atoms with Crippen molar-refractivity contribution in [3.63, 3.8) is 0 Å². The number of nitrogens with zero attached hydrogens (tertiary/aromatic N) is 5. The normalized spacial score (nSPS) is 12.3. The third kappa shape index (κ3) is 9.43. The number of imidazole rings is 1. The van der Waals surface area contributed by atoms with Crippen LogP contribution in [0.25, 0.3) is 99.8 Å². The van der Waals surface area contributed by atoms with E-state index in [2.05, 4.69) is 287 Å². The van der Waals surface area contributed by atoms with Gasteiger partial charge in [0.1, 0.15) is 5.82 Å². The Kier molecular flexibility index (Phi) is 13.2. The third-order valence-corrected chi connectivity index (χ3v) is 15.3. The molecule has 13 rings (SSSR count). The predicted octanol–water partition coefficient (Wildman–Crippen LogP) is 18.2. The zero-order chi connectivity index (χ0) is 54.4. The summed E-state index contributed by atoms with van der Waals surface area (Å²) in [7, 11) is 0. The zero-order valence-electron chi connectivity index (χ0n) is 46.8. The van der Waals surface area contributed by atoms with Crippen LogP contribution >= 0.6 is 0 Å². The van der Waals surface area contributed by atoms with E-state index in [0.29, 0.717) is 11.5 Å². The van der Waals surface area contributed by atoms with Gasteiger partial charge in [0.15, 0.2) is 0 Å². The monoisotopic (exact) mass is 1220 g/mol. The van der Waals surface area contributed by atoms with Crippen molar-refractivity contribution in [2.45, 2.75) is 79.6 Å².